The molecular weight excluding hydrogens is 290 g/mol. The van der Waals surface area contributed by atoms with Crippen molar-refractivity contribution < 1.29 is 9.53 Å². The van der Waals surface area contributed by atoms with Crippen LogP contribution in [0, 0.1) is 13.8 Å². The molecule has 1 saturated heterocycles. The molecule has 0 unspecified atom stereocenters. The van der Waals surface area contributed by atoms with Gasteiger partial charge < -0.3 is 10.1 Å². The van der Waals surface area contributed by atoms with E-state index in [0.717, 1.165) is 22.6 Å². The molecule has 0 spiro atoms. The Balaban J connectivity index is 1.96. The molecule has 1 amide bonds. The van der Waals surface area contributed by atoms with Gasteiger partial charge in [-0.2, -0.15) is 5.10 Å². The van der Waals surface area contributed by atoms with E-state index in [1.165, 1.54) is 0 Å². The first-order valence-electron chi connectivity index (χ1n) is 7.99. The molecule has 0 saturated carbocycles. The smallest absolute Gasteiger partial charge is 0.235 e. The molecule has 5 nitrogen and oxygen atoms in total. The molecule has 0 aliphatic carbocycles. The number of aryl methyl sites for hydroxylation is 2. The van der Waals surface area contributed by atoms with Gasteiger partial charge in [0.2, 0.25) is 5.91 Å². The van der Waals surface area contributed by atoms with Gasteiger partial charge in [0.1, 0.15) is 0 Å². The Hall–Kier alpha value is -2.14. The second-order valence-electron chi connectivity index (χ2n) is 6.18. The molecule has 1 aromatic carbocycles. The number of amides is 1. The first-order valence-corrected chi connectivity index (χ1v) is 7.99. The van der Waals surface area contributed by atoms with E-state index in [0.29, 0.717) is 26.1 Å². The Kier molecular flexibility index (Phi) is 4.22. The molecule has 1 aliphatic heterocycles. The van der Waals surface area contributed by atoms with Crippen LogP contribution in [0.5, 0.6) is 0 Å². The number of ether oxygens (including phenoxy) is 1. The number of rotatable bonds is 3. The predicted octanol–water partition coefficient (Wildman–Crippen LogP) is 2.72. The van der Waals surface area contributed by atoms with Crippen molar-refractivity contribution in [1.82, 2.24) is 9.78 Å². The van der Waals surface area contributed by atoms with Gasteiger partial charge in [0.05, 0.1) is 22.5 Å². The van der Waals surface area contributed by atoms with Gasteiger partial charge in [0, 0.05) is 20.3 Å². The van der Waals surface area contributed by atoms with Crippen LogP contribution in [0.1, 0.15) is 29.8 Å². The molecule has 0 radical (unpaired) electrons. The van der Waals surface area contributed by atoms with E-state index in [1.807, 2.05) is 51.2 Å². The van der Waals surface area contributed by atoms with E-state index < -0.39 is 5.41 Å². The summed E-state index contributed by atoms with van der Waals surface area (Å²) in [7, 11) is 1.89. The zero-order chi connectivity index (χ0) is 16.4. The number of carbonyl (C=O) groups excluding carboxylic acids is 1. The minimum Gasteiger partial charge on any atom is -0.381 e. The van der Waals surface area contributed by atoms with Crippen LogP contribution in [0.4, 0.5) is 5.69 Å². The highest BCUT2D eigenvalue weighted by Crippen LogP contribution is 2.36. The van der Waals surface area contributed by atoms with E-state index in [9.17, 15) is 4.79 Å². The third-order valence-corrected chi connectivity index (χ3v) is 4.85. The number of nitrogens with zero attached hydrogens (tertiary/aromatic N) is 2. The highest BCUT2D eigenvalue weighted by atomic mass is 16.5. The third kappa shape index (κ3) is 2.77. The normalized spacial score (nSPS) is 17.0. The van der Waals surface area contributed by atoms with Crippen LogP contribution in [0.25, 0.3) is 0 Å². The van der Waals surface area contributed by atoms with Crippen molar-refractivity contribution >= 4 is 11.6 Å². The minimum absolute atomic E-state index is 0.0335. The fourth-order valence-electron chi connectivity index (χ4n) is 3.31. The molecule has 122 valence electrons. The summed E-state index contributed by atoms with van der Waals surface area (Å²) in [5.74, 6) is 0.0335. The lowest BCUT2D eigenvalue weighted by Gasteiger charge is -2.36. The molecule has 1 fully saturated rings. The highest BCUT2D eigenvalue weighted by Gasteiger charge is 2.42. The van der Waals surface area contributed by atoms with Gasteiger partial charge in [0.15, 0.2) is 0 Å². The first kappa shape index (κ1) is 15.7. The van der Waals surface area contributed by atoms with Gasteiger partial charge in [-0.3, -0.25) is 9.48 Å². The van der Waals surface area contributed by atoms with E-state index >= 15 is 0 Å². The van der Waals surface area contributed by atoms with Crippen LogP contribution >= 0.6 is 0 Å². The van der Waals surface area contributed by atoms with Crippen LogP contribution in [0.15, 0.2) is 30.3 Å². The van der Waals surface area contributed by atoms with Gasteiger partial charge in [-0.25, -0.2) is 0 Å². The number of anilines is 1. The molecule has 0 bridgehead atoms. The summed E-state index contributed by atoms with van der Waals surface area (Å²) >= 11 is 0. The standard InChI is InChI=1S/C18H23N3O2/c1-13-16(14(2)21(3)20-13)19-17(22)18(9-11-23-12-10-18)15-7-5-4-6-8-15/h4-8H,9-12H2,1-3H3,(H,19,22). The van der Waals surface area contributed by atoms with Crippen LogP contribution in [0.2, 0.25) is 0 Å². The zero-order valence-corrected chi connectivity index (χ0v) is 13.9. The Bertz CT molecular complexity index is 701. The van der Waals surface area contributed by atoms with Crippen molar-refractivity contribution in [2.75, 3.05) is 18.5 Å². The van der Waals surface area contributed by atoms with Crippen LogP contribution in [-0.4, -0.2) is 28.9 Å². The van der Waals surface area contributed by atoms with Crippen molar-refractivity contribution in [3.8, 4) is 0 Å². The van der Waals surface area contributed by atoms with Crippen molar-refractivity contribution in [1.29, 1.82) is 0 Å². The third-order valence-electron chi connectivity index (χ3n) is 4.85. The Morgan fingerprint density at radius 3 is 2.43 bits per heavy atom. The summed E-state index contributed by atoms with van der Waals surface area (Å²) in [5, 5.41) is 7.51. The Morgan fingerprint density at radius 1 is 1.22 bits per heavy atom. The molecule has 0 atom stereocenters. The van der Waals surface area contributed by atoms with E-state index in [4.69, 9.17) is 4.74 Å². The second-order valence-corrected chi connectivity index (χ2v) is 6.18. The number of nitrogens with one attached hydrogen (secondary N) is 1. The number of aromatic nitrogens is 2. The van der Waals surface area contributed by atoms with Crippen molar-refractivity contribution in [2.45, 2.75) is 32.1 Å². The lowest BCUT2D eigenvalue weighted by molar-refractivity contribution is -0.125. The van der Waals surface area contributed by atoms with Crippen LogP contribution in [0.3, 0.4) is 0 Å². The average molecular weight is 313 g/mol. The number of benzene rings is 1. The zero-order valence-electron chi connectivity index (χ0n) is 13.9. The molecule has 3 rings (SSSR count). The first-order chi connectivity index (χ1) is 11.0. The summed E-state index contributed by atoms with van der Waals surface area (Å²) in [6, 6.07) is 10.0. The minimum atomic E-state index is -0.534. The molecule has 1 aliphatic rings. The van der Waals surface area contributed by atoms with Crippen LogP contribution in [-0.2, 0) is 22.0 Å². The molecule has 1 N–H and O–H groups in total. The van der Waals surface area contributed by atoms with E-state index in [2.05, 4.69) is 10.4 Å². The predicted molar refractivity (Wildman–Crippen MR) is 89.5 cm³/mol. The Labute approximate surface area is 136 Å². The van der Waals surface area contributed by atoms with E-state index in [1.54, 1.807) is 4.68 Å². The Morgan fingerprint density at radius 2 is 1.87 bits per heavy atom. The molecule has 23 heavy (non-hydrogen) atoms. The maximum absolute atomic E-state index is 13.2. The SMILES string of the molecule is Cc1nn(C)c(C)c1NC(=O)C1(c2ccccc2)CCOCC1. The highest BCUT2D eigenvalue weighted by molar-refractivity contribution is 6.00. The molecule has 2 heterocycles. The number of hydrogen-bond acceptors (Lipinski definition) is 3. The second kappa shape index (κ2) is 6.16. The van der Waals surface area contributed by atoms with E-state index in [-0.39, 0.29) is 5.91 Å². The molecule has 2 aromatic rings. The lowest BCUT2D eigenvalue weighted by Crippen LogP contribution is -2.45. The number of hydrogen-bond donors (Lipinski definition) is 1. The largest absolute Gasteiger partial charge is 0.381 e. The van der Waals surface area contributed by atoms with Crippen molar-refractivity contribution in [3.05, 3.63) is 47.3 Å². The lowest BCUT2D eigenvalue weighted by atomic mass is 9.73. The van der Waals surface area contributed by atoms with Gasteiger partial charge >= 0.3 is 0 Å². The summed E-state index contributed by atoms with van der Waals surface area (Å²) < 4.78 is 7.30. The topological polar surface area (TPSA) is 56.2 Å². The average Bonchev–Trinajstić information content (AvgIpc) is 2.82. The maximum atomic E-state index is 13.2. The monoisotopic (exact) mass is 313 g/mol. The van der Waals surface area contributed by atoms with Crippen molar-refractivity contribution in [3.63, 3.8) is 0 Å². The van der Waals surface area contributed by atoms with Gasteiger partial charge in [0.25, 0.3) is 0 Å². The van der Waals surface area contributed by atoms with Gasteiger partial charge in [-0.15, -0.1) is 0 Å². The maximum Gasteiger partial charge on any atom is 0.235 e. The fourth-order valence-corrected chi connectivity index (χ4v) is 3.31. The van der Waals surface area contributed by atoms with Gasteiger partial charge in [-0.05, 0) is 32.3 Å². The number of carbonyl (C=O) groups is 1. The summed E-state index contributed by atoms with van der Waals surface area (Å²) in [5.41, 5.74) is 3.15. The van der Waals surface area contributed by atoms with Gasteiger partial charge in [-0.1, -0.05) is 30.3 Å². The quantitative estimate of drug-likeness (QED) is 0.948. The molecular formula is C18H23N3O2. The van der Waals surface area contributed by atoms with Crippen molar-refractivity contribution in [2.24, 2.45) is 7.05 Å². The molecule has 5 heteroatoms. The molecule has 1 aromatic heterocycles. The fraction of sp³-hybridized carbons (Fsp3) is 0.444. The summed E-state index contributed by atoms with van der Waals surface area (Å²) in [4.78, 5) is 13.2. The summed E-state index contributed by atoms with van der Waals surface area (Å²) in [6.07, 6.45) is 1.39. The summed E-state index contributed by atoms with van der Waals surface area (Å²) in [6.45, 7) is 5.09. The van der Waals surface area contributed by atoms with Crippen LogP contribution < -0.4 is 5.32 Å².